The predicted molar refractivity (Wildman–Crippen MR) is 80.0 cm³/mol. The minimum Gasteiger partial charge on any atom is -0.668 e. The third-order valence-corrected chi connectivity index (χ3v) is 0. The summed E-state index contributed by atoms with van der Waals surface area (Å²) in [4.78, 5) is 0. The van der Waals surface area contributed by atoms with E-state index in [0.717, 1.165) is 0 Å². The first-order valence-electron chi connectivity index (χ1n) is 5.50. The molecule has 106 valence electrons. The summed E-state index contributed by atoms with van der Waals surface area (Å²) in [7, 11) is 7.00. The van der Waals surface area contributed by atoms with Gasteiger partial charge in [-0.25, -0.2) is 0 Å². The zero-order valence-corrected chi connectivity index (χ0v) is 15.0. The summed E-state index contributed by atoms with van der Waals surface area (Å²) in [6.07, 6.45) is 0. The molecule has 0 aliphatic rings. The van der Waals surface area contributed by atoms with E-state index in [2.05, 4.69) is 66.0 Å². The molecule has 0 saturated heterocycles. The van der Waals surface area contributed by atoms with E-state index < -0.39 is 0 Å². The summed E-state index contributed by atoms with van der Waals surface area (Å²) >= 11 is 0. The molecule has 2 nitrogen and oxygen atoms in total. The number of nitrogens with zero attached hydrogens (tertiary/aromatic N) is 2. The van der Waals surface area contributed by atoms with Gasteiger partial charge in [0.25, 0.3) is 0 Å². The standard InChI is InChI=1S/2C5H11.2C2H6N.Cr/c2*1-5(2,3)4;2*1-3-2;/h2*1H2,2-4H3;2*1-2H3;/q4*-1;+4. The second-order valence-electron chi connectivity index (χ2n) is 6.02. The van der Waals surface area contributed by atoms with E-state index in [9.17, 15) is 0 Å². The molecule has 0 aliphatic carbocycles. The first-order chi connectivity index (χ1) is 6.83. The van der Waals surface area contributed by atoms with Gasteiger partial charge in [-0.3, -0.25) is 0 Å². The van der Waals surface area contributed by atoms with Crippen LogP contribution in [0.15, 0.2) is 0 Å². The number of rotatable bonds is 0. The van der Waals surface area contributed by atoms with Crippen LogP contribution >= 0.6 is 0 Å². The normalized spacial score (nSPS) is 9.18. The van der Waals surface area contributed by atoms with Crippen molar-refractivity contribution in [1.29, 1.82) is 0 Å². The maximum Gasteiger partial charge on any atom is 4.00 e. The molecule has 0 fully saturated rings. The molecule has 0 spiro atoms. The summed E-state index contributed by atoms with van der Waals surface area (Å²) in [5, 5.41) is 7.00. The van der Waals surface area contributed by atoms with Crippen LogP contribution in [0, 0.1) is 24.7 Å². The van der Waals surface area contributed by atoms with Crippen molar-refractivity contribution in [3.63, 3.8) is 0 Å². The van der Waals surface area contributed by atoms with Gasteiger partial charge in [0.1, 0.15) is 0 Å². The van der Waals surface area contributed by atoms with Gasteiger partial charge in [0.2, 0.25) is 0 Å². The Bertz CT molecular complexity index is 75.8. The van der Waals surface area contributed by atoms with Crippen LogP contribution in [-0.2, 0) is 17.4 Å². The Balaban J connectivity index is -0.0000000381. The van der Waals surface area contributed by atoms with Crippen molar-refractivity contribution >= 4 is 0 Å². The molecule has 0 saturated carbocycles. The van der Waals surface area contributed by atoms with Crippen molar-refractivity contribution in [3.8, 4) is 0 Å². The number of hydrogen-bond acceptors (Lipinski definition) is 0. The molecule has 0 atom stereocenters. The quantitative estimate of drug-likeness (QED) is 0.561. The van der Waals surface area contributed by atoms with Crippen LogP contribution in [0.3, 0.4) is 0 Å². The zero-order chi connectivity index (χ0) is 14.4. The van der Waals surface area contributed by atoms with Gasteiger partial charge in [-0.15, -0.1) is 0 Å². The van der Waals surface area contributed by atoms with Gasteiger partial charge >= 0.3 is 17.4 Å². The zero-order valence-electron chi connectivity index (χ0n) is 13.7. The Morgan fingerprint density at radius 1 is 0.588 bits per heavy atom. The minimum atomic E-state index is 0. The third kappa shape index (κ3) is 16800. The maximum absolute atomic E-state index is 3.77. The fraction of sp³-hybridized carbons (Fsp3) is 0.857. The van der Waals surface area contributed by atoms with Crippen molar-refractivity contribution in [1.82, 2.24) is 0 Å². The third-order valence-electron chi connectivity index (χ3n) is 0. The summed E-state index contributed by atoms with van der Waals surface area (Å²) < 4.78 is 0. The Morgan fingerprint density at radius 2 is 0.588 bits per heavy atom. The molecule has 0 aromatic rings. The van der Waals surface area contributed by atoms with Crippen LogP contribution in [0.5, 0.6) is 0 Å². The Morgan fingerprint density at radius 3 is 0.588 bits per heavy atom. The molecule has 0 radical (unpaired) electrons. The van der Waals surface area contributed by atoms with E-state index in [1.54, 1.807) is 28.2 Å². The Labute approximate surface area is 122 Å². The maximum atomic E-state index is 3.77. The SMILES string of the molecule is C[N-]C.C[N-]C.[CH2-]C(C)(C)C.[CH2-]C(C)(C)C.[Cr+4]. The van der Waals surface area contributed by atoms with Gasteiger partial charge in [0.05, 0.1) is 0 Å². The molecule has 0 heterocycles. The van der Waals surface area contributed by atoms with Gasteiger partial charge in [-0.1, -0.05) is 41.5 Å². The van der Waals surface area contributed by atoms with Gasteiger partial charge in [-0.2, -0.15) is 39.0 Å². The van der Waals surface area contributed by atoms with E-state index >= 15 is 0 Å². The van der Waals surface area contributed by atoms with Crippen LogP contribution in [0.1, 0.15) is 41.5 Å². The van der Waals surface area contributed by atoms with E-state index in [1.807, 2.05) is 0 Å². The largest absolute Gasteiger partial charge is 4.00 e. The minimum absolute atomic E-state index is 0. The van der Waals surface area contributed by atoms with Gasteiger partial charge in [0.15, 0.2) is 0 Å². The Kier molecular flexibility index (Phi) is 33.7. The smallest absolute Gasteiger partial charge is 0.668 e. The molecular weight excluding hydrogens is 248 g/mol. The van der Waals surface area contributed by atoms with Crippen LogP contribution in [-0.4, -0.2) is 28.2 Å². The van der Waals surface area contributed by atoms with Gasteiger partial charge in [-0.05, 0) is 0 Å². The number of hydrogen-bond donors (Lipinski definition) is 0. The molecule has 0 bridgehead atoms. The van der Waals surface area contributed by atoms with Gasteiger partial charge < -0.3 is 24.5 Å². The van der Waals surface area contributed by atoms with Gasteiger partial charge in [0, 0.05) is 0 Å². The summed E-state index contributed by atoms with van der Waals surface area (Å²) in [6.45, 7) is 20.0. The molecule has 0 aromatic carbocycles. The monoisotopic (exact) mass is 282 g/mol. The first-order valence-corrected chi connectivity index (χ1v) is 5.50. The van der Waals surface area contributed by atoms with Crippen molar-refractivity contribution in [2.75, 3.05) is 28.2 Å². The summed E-state index contributed by atoms with van der Waals surface area (Å²) in [5.74, 6) is 0. The average molecular weight is 282 g/mol. The first kappa shape index (κ1) is 30.5. The van der Waals surface area contributed by atoms with Crippen LogP contribution in [0.4, 0.5) is 0 Å². The fourth-order valence-corrected chi connectivity index (χ4v) is 0. The van der Waals surface area contributed by atoms with Crippen LogP contribution in [0.25, 0.3) is 10.6 Å². The second-order valence-corrected chi connectivity index (χ2v) is 6.02. The molecule has 0 aliphatic heterocycles. The fourth-order valence-electron chi connectivity index (χ4n) is 0. The molecule has 0 N–H and O–H groups in total. The molecular formula is C14H34CrN2. The van der Waals surface area contributed by atoms with Crippen molar-refractivity contribution in [2.45, 2.75) is 41.5 Å². The molecule has 0 aromatic heterocycles. The average Bonchev–Trinajstić information content (AvgIpc) is 1.79. The topological polar surface area (TPSA) is 28.2 Å². The molecule has 17 heavy (non-hydrogen) atoms. The van der Waals surface area contributed by atoms with Crippen LogP contribution < -0.4 is 0 Å². The molecule has 0 amide bonds. The Hall–Kier alpha value is 0.452. The van der Waals surface area contributed by atoms with Crippen molar-refractivity contribution in [2.24, 2.45) is 10.8 Å². The molecule has 0 rings (SSSR count). The molecule has 3 heteroatoms. The molecule has 0 unspecified atom stereocenters. The predicted octanol–water partition coefficient (Wildman–Crippen LogP) is 4.97. The summed E-state index contributed by atoms with van der Waals surface area (Å²) in [6, 6.07) is 0. The van der Waals surface area contributed by atoms with E-state index in [0.29, 0.717) is 0 Å². The summed E-state index contributed by atoms with van der Waals surface area (Å²) in [5.41, 5.74) is 0.500. The second kappa shape index (κ2) is 18.8. The van der Waals surface area contributed by atoms with Crippen molar-refractivity contribution in [3.05, 3.63) is 24.5 Å². The van der Waals surface area contributed by atoms with Crippen molar-refractivity contribution < 1.29 is 17.4 Å². The van der Waals surface area contributed by atoms with Crippen LogP contribution in [0.2, 0.25) is 0 Å². The van der Waals surface area contributed by atoms with E-state index in [4.69, 9.17) is 0 Å². The van der Waals surface area contributed by atoms with E-state index in [1.165, 1.54) is 0 Å². The van der Waals surface area contributed by atoms with E-state index in [-0.39, 0.29) is 28.2 Å².